The van der Waals surface area contributed by atoms with Gasteiger partial charge < -0.3 is 19.4 Å². The molecule has 166 valence electrons. The van der Waals surface area contributed by atoms with E-state index in [2.05, 4.69) is 22.3 Å². The topological polar surface area (TPSA) is 92.1 Å². The van der Waals surface area contributed by atoms with E-state index in [1.54, 1.807) is 24.0 Å². The zero-order valence-electron chi connectivity index (χ0n) is 17.8. The third kappa shape index (κ3) is 6.96. The lowest BCUT2D eigenvalue weighted by atomic mass is 10.2. The number of benzene rings is 1. The number of piperazine rings is 1. The summed E-state index contributed by atoms with van der Waals surface area (Å²) in [5, 5.41) is 2.67. The highest BCUT2D eigenvalue weighted by molar-refractivity contribution is 5.91. The lowest BCUT2D eigenvalue weighted by molar-refractivity contribution is -0.160. The summed E-state index contributed by atoms with van der Waals surface area (Å²) in [6.45, 7) is 5.60. The van der Waals surface area contributed by atoms with Gasteiger partial charge in [0.05, 0.1) is 6.26 Å². The SMILES string of the molecule is CC(OC(=O)CCCNC(=O)c1ccco1)C(=O)N1CCN(Cc2ccccc2)CC1. The Balaban J connectivity index is 1.31. The number of nitrogens with zero attached hydrogens (tertiary/aromatic N) is 2. The molecule has 1 saturated heterocycles. The van der Waals surface area contributed by atoms with Gasteiger partial charge in [0.1, 0.15) is 0 Å². The Morgan fingerprint density at radius 3 is 2.48 bits per heavy atom. The maximum atomic E-state index is 12.6. The van der Waals surface area contributed by atoms with Gasteiger partial charge in [0.2, 0.25) is 0 Å². The van der Waals surface area contributed by atoms with Crippen molar-refractivity contribution in [1.29, 1.82) is 0 Å². The Labute approximate surface area is 182 Å². The van der Waals surface area contributed by atoms with Crippen LogP contribution in [0.2, 0.25) is 0 Å². The van der Waals surface area contributed by atoms with Crippen LogP contribution in [0.3, 0.4) is 0 Å². The zero-order chi connectivity index (χ0) is 22.1. The molecule has 1 fully saturated rings. The second-order valence-corrected chi connectivity index (χ2v) is 7.56. The van der Waals surface area contributed by atoms with Crippen LogP contribution >= 0.6 is 0 Å². The zero-order valence-corrected chi connectivity index (χ0v) is 17.8. The number of esters is 1. The van der Waals surface area contributed by atoms with E-state index in [1.165, 1.54) is 11.8 Å². The normalized spacial score (nSPS) is 15.3. The summed E-state index contributed by atoms with van der Waals surface area (Å²) < 4.78 is 10.3. The fraction of sp³-hybridized carbons (Fsp3) is 0.435. The Hall–Kier alpha value is -3.13. The number of rotatable bonds is 9. The quantitative estimate of drug-likeness (QED) is 0.487. The van der Waals surface area contributed by atoms with Crippen molar-refractivity contribution < 1.29 is 23.5 Å². The highest BCUT2D eigenvalue weighted by Crippen LogP contribution is 2.11. The summed E-state index contributed by atoms with van der Waals surface area (Å²) in [4.78, 5) is 40.5. The molecule has 1 aromatic heterocycles. The van der Waals surface area contributed by atoms with E-state index in [0.717, 1.165) is 19.6 Å². The van der Waals surface area contributed by atoms with Crippen LogP contribution in [0.1, 0.15) is 35.9 Å². The van der Waals surface area contributed by atoms with Crippen LogP contribution in [0.5, 0.6) is 0 Å². The van der Waals surface area contributed by atoms with Gasteiger partial charge in [-0.15, -0.1) is 0 Å². The van der Waals surface area contributed by atoms with Gasteiger partial charge in [-0.1, -0.05) is 30.3 Å². The molecule has 8 heteroatoms. The maximum Gasteiger partial charge on any atom is 0.306 e. The fourth-order valence-corrected chi connectivity index (χ4v) is 3.46. The predicted octanol–water partition coefficient (Wildman–Crippen LogP) is 2.07. The Morgan fingerprint density at radius 2 is 1.81 bits per heavy atom. The molecule has 2 heterocycles. The van der Waals surface area contributed by atoms with Crippen LogP contribution in [0.15, 0.2) is 53.1 Å². The minimum Gasteiger partial charge on any atom is -0.459 e. The van der Waals surface area contributed by atoms with Crippen molar-refractivity contribution in [1.82, 2.24) is 15.1 Å². The average Bonchev–Trinajstić information content (AvgIpc) is 3.32. The molecule has 8 nitrogen and oxygen atoms in total. The van der Waals surface area contributed by atoms with E-state index in [9.17, 15) is 14.4 Å². The molecule has 2 aromatic rings. The van der Waals surface area contributed by atoms with Crippen LogP contribution in [0.25, 0.3) is 0 Å². The molecular formula is C23H29N3O5. The fourth-order valence-electron chi connectivity index (χ4n) is 3.46. The number of carbonyl (C=O) groups is 3. The molecule has 3 rings (SSSR count). The number of furan rings is 1. The van der Waals surface area contributed by atoms with Gasteiger partial charge >= 0.3 is 5.97 Å². The molecule has 1 N–H and O–H groups in total. The lowest BCUT2D eigenvalue weighted by Crippen LogP contribution is -2.51. The van der Waals surface area contributed by atoms with Crippen LogP contribution < -0.4 is 5.32 Å². The minimum absolute atomic E-state index is 0.126. The summed E-state index contributed by atoms with van der Waals surface area (Å²) in [5.74, 6) is -0.714. The van der Waals surface area contributed by atoms with Gasteiger partial charge in [-0.3, -0.25) is 19.3 Å². The first-order valence-corrected chi connectivity index (χ1v) is 10.6. The van der Waals surface area contributed by atoms with Crippen molar-refractivity contribution in [3.8, 4) is 0 Å². The molecule has 0 spiro atoms. The first-order valence-electron chi connectivity index (χ1n) is 10.6. The monoisotopic (exact) mass is 427 g/mol. The van der Waals surface area contributed by atoms with Gasteiger partial charge in [-0.25, -0.2) is 0 Å². The van der Waals surface area contributed by atoms with Crippen molar-refractivity contribution in [2.75, 3.05) is 32.7 Å². The average molecular weight is 428 g/mol. The molecule has 1 aromatic carbocycles. The number of hydrogen-bond acceptors (Lipinski definition) is 6. The van der Waals surface area contributed by atoms with E-state index in [1.807, 2.05) is 18.2 Å². The number of hydrogen-bond donors (Lipinski definition) is 1. The standard InChI is InChI=1S/C23H29N3O5/c1-18(31-21(27)10-5-11-24-22(28)20-9-6-16-30-20)23(29)26-14-12-25(13-15-26)17-19-7-3-2-4-8-19/h2-4,6-9,16,18H,5,10-15,17H2,1H3,(H,24,28). The molecule has 1 aliphatic rings. The Kier molecular flexibility index (Phi) is 8.23. The van der Waals surface area contributed by atoms with E-state index >= 15 is 0 Å². The summed E-state index contributed by atoms with van der Waals surface area (Å²) >= 11 is 0. The van der Waals surface area contributed by atoms with E-state index in [4.69, 9.17) is 9.15 Å². The summed E-state index contributed by atoms with van der Waals surface area (Å²) in [6, 6.07) is 13.4. The van der Waals surface area contributed by atoms with Crippen molar-refractivity contribution in [3.05, 3.63) is 60.1 Å². The van der Waals surface area contributed by atoms with E-state index in [-0.39, 0.29) is 24.0 Å². The molecule has 1 atom stereocenters. The second kappa shape index (κ2) is 11.3. The molecular weight excluding hydrogens is 398 g/mol. The Morgan fingerprint density at radius 1 is 1.06 bits per heavy atom. The lowest BCUT2D eigenvalue weighted by Gasteiger charge is -2.35. The van der Waals surface area contributed by atoms with Gasteiger partial charge in [0, 0.05) is 45.7 Å². The molecule has 0 bridgehead atoms. The number of ether oxygens (including phenoxy) is 1. The minimum atomic E-state index is -0.814. The van der Waals surface area contributed by atoms with Crippen molar-refractivity contribution in [2.24, 2.45) is 0 Å². The third-order valence-electron chi connectivity index (χ3n) is 5.18. The van der Waals surface area contributed by atoms with E-state index in [0.29, 0.717) is 26.1 Å². The van der Waals surface area contributed by atoms with Crippen LogP contribution in [0.4, 0.5) is 0 Å². The van der Waals surface area contributed by atoms with E-state index < -0.39 is 12.1 Å². The van der Waals surface area contributed by atoms with Crippen LogP contribution in [0, 0.1) is 0 Å². The number of nitrogens with one attached hydrogen (secondary N) is 1. The van der Waals surface area contributed by atoms with Gasteiger partial charge in [0.15, 0.2) is 11.9 Å². The molecule has 0 aliphatic carbocycles. The predicted molar refractivity (Wildman–Crippen MR) is 114 cm³/mol. The molecule has 1 aliphatic heterocycles. The highest BCUT2D eigenvalue weighted by atomic mass is 16.5. The summed E-state index contributed by atoms with van der Waals surface area (Å²) in [5.41, 5.74) is 1.25. The van der Waals surface area contributed by atoms with Gasteiger partial charge in [0.25, 0.3) is 11.8 Å². The van der Waals surface area contributed by atoms with Crippen molar-refractivity contribution >= 4 is 17.8 Å². The first-order chi connectivity index (χ1) is 15.0. The summed E-state index contributed by atoms with van der Waals surface area (Å²) in [6.07, 6.45) is 1.16. The van der Waals surface area contributed by atoms with Gasteiger partial charge in [-0.2, -0.15) is 0 Å². The largest absolute Gasteiger partial charge is 0.459 e. The summed E-state index contributed by atoms with van der Waals surface area (Å²) in [7, 11) is 0. The smallest absolute Gasteiger partial charge is 0.306 e. The molecule has 1 unspecified atom stereocenters. The highest BCUT2D eigenvalue weighted by Gasteiger charge is 2.27. The molecule has 0 radical (unpaired) electrons. The number of carbonyl (C=O) groups excluding carboxylic acids is 3. The van der Waals surface area contributed by atoms with Crippen molar-refractivity contribution in [3.63, 3.8) is 0 Å². The number of amides is 2. The third-order valence-corrected chi connectivity index (χ3v) is 5.18. The first kappa shape index (κ1) is 22.6. The van der Waals surface area contributed by atoms with Crippen LogP contribution in [-0.2, 0) is 20.9 Å². The maximum absolute atomic E-state index is 12.6. The Bertz CT molecular complexity index is 845. The second-order valence-electron chi connectivity index (χ2n) is 7.56. The molecule has 2 amide bonds. The molecule has 31 heavy (non-hydrogen) atoms. The molecule has 0 saturated carbocycles. The van der Waals surface area contributed by atoms with Crippen LogP contribution in [-0.4, -0.2) is 66.4 Å². The van der Waals surface area contributed by atoms with Gasteiger partial charge in [-0.05, 0) is 31.0 Å². The van der Waals surface area contributed by atoms with Crippen molar-refractivity contribution in [2.45, 2.75) is 32.4 Å².